The van der Waals surface area contributed by atoms with Gasteiger partial charge in [0, 0.05) is 5.54 Å². The first kappa shape index (κ1) is 10.5. The van der Waals surface area contributed by atoms with Crippen molar-refractivity contribution >= 4 is 0 Å². The Balaban J connectivity index is 1.94. The van der Waals surface area contributed by atoms with Crippen LogP contribution >= 0.6 is 0 Å². The number of hydrogen-bond acceptors (Lipinski definition) is 1. The van der Waals surface area contributed by atoms with E-state index >= 15 is 0 Å². The average molecular weight is 223 g/mol. The Hall–Kier alpha value is -1.60. The molecule has 0 heterocycles. The summed E-state index contributed by atoms with van der Waals surface area (Å²) in [5, 5.41) is 0. The molecule has 1 unspecified atom stereocenters. The SMILES string of the molecule is NC1(Cc2ccccc2)CCc2ccccc21. The molecule has 2 aromatic carbocycles. The highest BCUT2D eigenvalue weighted by atomic mass is 14.8. The summed E-state index contributed by atoms with van der Waals surface area (Å²) < 4.78 is 0. The van der Waals surface area contributed by atoms with Gasteiger partial charge >= 0.3 is 0 Å². The molecule has 1 atom stereocenters. The number of aryl methyl sites for hydroxylation is 1. The lowest BCUT2D eigenvalue weighted by atomic mass is 9.86. The molecule has 0 fully saturated rings. The molecule has 0 saturated carbocycles. The highest BCUT2D eigenvalue weighted by molar-refractivity contribution is 5.39. The predicted molar refractivity (Wildman–Crippen MR) is 70.8 cm³/mol. The number of benzene rings is 2. The average Bonchev–Trinajstić information content (AvgIpc) is 2.69. The zero-order valence-electron chi connectivity index (χ0n) is 9.89. The van der Waals surface area contributed by atoms with Gasteiger partial charge in [0.05, 0.1) is 0 Å². The molecule has 1 nitrogen and oxygen atoms in total. The Labute approximate surface area is 102 Å². The van der Waals surface area contributed by atoms with E-state index in [-0.39, 0.29) is 5.54 Å². The molecule has 0 amide bonds. The van der Waals surface area contributed by atoms with E-state index in [1.165, 1.54) is 16.7 Å². The van der Waals surface area contributed by atoms with E-state index in [1.807, 2.05) is 0 Å². The fraction of sp³-hybridized carbons (Fsp3) is 0.250. The minimum absolute atomic E-state index is 0.169. The van der Waals surface area contributed by atoms with Crippen molar-refractivity contribution in [1.29, 1.82) is 0 Å². The lowest BCUT2D eigenvalue weighted by molar-refractivity contribution is 0.439. The summed E-state index contributed by atoms with van der Waals surface area (Å²) in [6.07, 6.45) is 3.10. The van der Waals surface area contributed by atoms with Crippen LogP contribution in [0.25, 0.3) is 0 Å². The Bertz CT molecular complexity index is 518. The second-order valence-electron chi connectivity index (χ2n) is 4.98. The molecule has 0 saturated heterocycles. The molecule has 1 aliphatic carbocycles. The second-order valence-corrected chi connectivity index (χ2v) is 4.98. The van der Waals surface area contributed by atoms with Crippen molar-refractivity contribution in [2.24, 2.45) is 5.73 Å². The van der Waals surface area contributed by atoms with Gasteiger partial charge in [-0.2, -0.15) is 0 Å². The Morgan fingerprint density at radius 2 is 1.65 bits per heavy atom. The number of fused-ring (bicyclic) bond motifs is 1. The molecule has 86 valence electrons. The fourth-order valence-corrected chi connectivity index (χ4v) is 2.86. The first-order valence-corrected chi connectivity index (χ1v) is 6.19. The summed E-state index contributed by atoms with van der Waals surface area (Å²) in [6, 6.07) is 19.1. The largest absolute Gasteiger partial charge is 0.321 e. The third kappa shape index (κ3) is 1.87. The monoisotopic (exact) mass is 223 g/mol. The van der Waals surface area contributed by atoms with Gasteiger partial charge in [-0.15, -0.1) is 0 Å². The molecule has 17 heavy (non-hydrogen) atoms. The van der Waals surface area contributed by atoms with Crippen LogP contribution in [0.3, 0.4) is 0 Å². The molecule has 1 heteroatoms. The van der Waals surface area contributed by atoms with Crippen molar-refractivity contribution in [1.82, 2.24) is 0 Å². The summed E-state index contributed by atoms with van der Waals surface area (Å²) in [6.45, 7) is 0. The summed E-state index contributed by atoms with van der Waals surface area (Å²) in [5.41, 5.74) is 10.5. The molecule has 0 aliphatic heterocycles. The topological polar surface area (TPSA) is 26.0 Å². The lowest BCUT2D eigenvalue weighted by Crippen LogP contribution is -2.36. The fourth-order valence-electron chi connectivity index (χ4n) is 2.86. The van der Waals surface area contributed by atoms with Crippen LogP contribution in [0.15, 0.2) is 54.6 Å². The minimum atomic E-state index is -0.169. The smallest absolute Gasteiger partial charge is 0.0456 e. The molecular weight excluding hydrogens is 206 g/mol. The standard InChI is InChI=1S/C16H17N/c17-16(12-13-6-2-1-3-7-13)11-10-14-8-4-5-9-15(14)16/h1-9H,10-12,17H2. The molecule has 1 aliphatic rings. The molecule has 0 spiro atoms. The molecular formula is C16H17N. The van der Waals surface area contributed by atoms with Crippen LogP contribution in [-0.2, 0) is 18.4 Å². The third-order valence-corrected chi connectivity index (χ3v) is 3.76. The summed E-state index contributed by atoms with van der Waals surface area (Å²) in [4.78, 5) is 0. The quantitative estimate of drug-likeness (QED) is 0.832. The molecule has 2 aromatic rings. The van der Waals surface area contributed by atoms with E-state index in [1.54, 1.807) is 0 Å². The Morgan fingerprint density at radius 3 is 2.47 bits per heavy atom. The lowest BCUT2D eigenvalue weighted by Gasteiger charge is -2.25. The molecule has 0 bridgehead atoms. The van der Waals surface area contributed by atoms with Crippen LogP contribution in [0.5, 0.6) is 0 Å². The normalized spacial score (nSPS) is 22.4. The molecule has 0 radical (unpaired) electrons. The van der Waals surface area contributed by atoms with E-state index < -0.39 is 0 Å². The van der Waals surface area contributed by atoms with E-state index in [0.29, 0.717) is 0 Å². The first-order chi connectivity index (χ1) is 8.28. The summed E-state index contributed by atoms with van der Waals surface area (Å²) in [7, 11) is 0. The van der Waals surface area contributed by atoms with Gasteiger partial charge in [-0.25, -0.2) is 0 Å². The van der Waals surface area contributed by atoms with Crippen LogP contribution in [0.4, 0.5) is 0 Å². The minimum Gasteiger partial charge on any atom is -0.321 e. The molecule has 3 rings (SSSR count). The van der Waals surface area contributed by atoms with Gasteiger partial charge in [-0.05, 0) is 36.0 Å². The van der Waals surface area contributed by atoms with Crippen molar-refractivity contribution in [2.75, 3.05) is 0 Å². The van der Waals surface area contributed by atoms with Gasteiger partial charge in [0.1, 0.15) is 0 Å². The number of rotatable bonds is 2. The molecule has 2 N–H and O–H groups in total. The van der Waals surface area contributed by atoms with E-state index in [9.17, 15) is 0 Å². The van der Waals surface area contributed by atoms with Crippen molar-refractivity contribution in [2.45, 2.75) is 24.8 Å². The van der Waals surface area contributed by atoms with Gasteiger partial charge in [0.2, 0.25) is 0 Å². The zero-order chi connectivity index (χ0) is 11.7. The van der Waals surface area contributed by atoms with Gasteiger partial charge in [-0.3, -0.25) is 0 Å². The van der Waals surface area contributed by atoms with Crippen molar-refractivity contribution in [3.05, 3.63) is 71.3 Å². The van der Waals surface area contributed by atoms with Gasteiger partial charge < -0.3 is 5.73 Å². The summed E-state index contributed by atoms with van der Waals surface area (Å²) >= 11 is 0. The van der Waals surface area contributed by atoms with Crippen LogP contribution in [0.1, 0.15) is 23.1 Å². The van der Waals surface area contributed by atoms with Crippen molar-refractivity contribution in [3.8, 4) is 0 Å². The van der Waals surface area contributed by atoms with Crippen molar-refractivity contribution < 1.29 is 0 Å². The second kappa shape index (κ2) is 4.01. The Morgan fingerprint density at radius 1 is 0.941 bits per heavy atom. The molecule has 0 aromatic heterocycles. The van der Waals surface area contributed by atoms with Gasteiger partial charge in [-0.1, -0.05) is 54.6 Å². The maximum absolute atomic E-state index is 6.60. The van der Waals surface area contributed by atoms with Gasteiger partial charge in [0.25, 0.3) is 0 Å². The Kier molecular flexibility index (Phi) is 2.49. The van der Waals surface area contributed by atoms with Crippen LogP contribution < -0.4 is 5.73 Å². The highest BCUT2D eigenvalue weighted by Crippen LogP contribution is 2.37. The van der Waals surface area contributed by atoms with Crippen molar-refractivity contribution in [3.63, 3.8) is 0 Å². The van der Waals surface area contributed by atoms with Crippen LogP contribution in [-0.4, -0.2) is 0 Å². The van der Waals surface area contributed by atoms with Gasteiger partial charge in [0.15, 0.2) is 0 Å². The van der Waals surface area contributed by atoms with Crippen LogP contribution in [0, 0.1) is 0 Å². The third-order valence-electron chi connectivity index (χ3n) is 3.76. The van der Waals surface area contributed by atoms with E-state index in [2.05, 4.69) is 54.6 Å². The summed E-state index contributed by atoms with van der Waals surface area (Å²) in [5.74, 6) is 0. The number of nitrogens with two attached hydrogens (primary N) is 1. The maximum atomic E-state index is 6.60. The highest BCUT2D eigenvalue weighted by Gasteiger charge is 2.34. The maximum Gasteiger partial charge on any atom is 0.0456 e. The first-order valence-electron chi connectivity index (χ1n) is 6.19. The number of hydrogen-bond donors (Lipinski definition) is 1. The van der Waals surface area contributed by atoms with Crippen LogP contribution in [0.2, 0.25) is 0 Å². The predicted octanol–water partition coefficient (Wildman–Crippen LogP) is 3.03. The van der Waals surface area contributed by atoms with E-state index in [0.717, 1.165) is 19.3 Å². The van der Waals surface area contributed by atoms with E-state index in [4.69, 9.17) is 5.73 Å². The zero-order valence-corrected chi connectivity index (χ0v) is 9.89.